The normalized spacial score (nSPS) is 11.9. The first-order chi connectivity index (χ1) is 12.8. The molecular formula is C17H15ClN6O2S. The summed E-state index contributed by atoms with van der Waals surface area (Å²) in [5.41, 5.74) is 3.06. The Hall–Kier alpha value is -2.78. The van der Waals surface area contributed by atoms with Crippen molar-refractivity contribution in [2.75, 3.05) is 5.32 Å². The Morgan fingerprint density at radius 3 is 2.89 bits per heavy atom. The molecule has 0 unspecified atom stereocenters. The smallest absolute Gasteiger partial charge is 0.435 e. The molecule has 0 aliphatic heterocycles. The predicted molar refractivity (Wildman–Crippen MR) is 105 cm³/mol. The first kappa shape index (κ1) is 17.6. The molecule has 4 aromatic rings. The summed E-state index contributed by atoms with van der Waals surface area (Å²) in [6, 6.07) is 5.49. The Morgan fingerprint density at radius 1 is 1.30 bits per heavy atom. The lowest BCUT2D eigenvalue weighted by Gasteiger charge is -2.19. The Kier molecular flexibility index (Phi) is 4.20. The van der Waals surface area contributed by atoms with Crippen molar-refractivity contribution in [3.8, 4) is 0 Å². The third-order valence-corrected chi connectivity index (χ3v) is 4.55. The topological polar surface area (TPSA) is 94.8 Å². The van der Waals surface area contributed by atoms with E-state index in [1.807, 2.05) is 32.9 Å². The van der Waals surface area contributed by atoms with Crippen LogP contribution in [-0.4, -0.2) is 36.4 Å². The first-order valence-electron chi connectivity index (χ1n) is 8.05. The van der Waals surface area contributed by atoms with Crippen LogP contribution in [0.5, 0.6) is 0 Å². The van der Waals surface area contributed by atoms with Crippen molar-refractivity contribution in [1.82, 2.24) is 24.7 Å². The zero-order valence-electron chi connectivity index (χ0n) is 14.7. The maximum absolute atomic E-state index is 12.3. The molecule has 0 amide bonds. The number of hydrogen-bond acceptors (Lipinski definition) is 8. The van der Waals surface area contributed by atoms with Crippen LogP contribution >= 0.6 is 22.9 Å². The van der Waals surface area contributed by atoms with E-state index in [9.17, 15) is 4.79 Å². The van der Waals surface area contributed by atoms with Gasteiger partial charge in [0.05, 0.1) is 17.2 Å². The fourth-order valence-electron chi connectivity index (χ4n) is 2.52. The van der Waals surface area contributed by atoms with Gasteiger partial charge in [0, 0.05) is 11.1 Å². The molecule has 0 aliphatic rings. The van der Waals surface area contributed by atoms with Gasteiger partial charge in [-0.15, -0.1) is 11.3 Å². The number of benzene rings is 1. The van der Waals surface area contributed by atoms with E-state index in [2.05, 4.69) is 25.4 Å². The zero-order chi connectivity index (χ0) is 19.2. The average Bonchev–Trinajstić information content (AvgIpc) is 3.19. The highest BCUT2D eigenvalue weighted by Crippen LogP contribution is 2.29. The first-order valence-corrected chi connectivity index (χ1v) is 9.31. The third kappa shape index (κ3) is 3.56. The summed E-state index contributed by atoms with van der Waals surface area (Å²) in [4.78, 5) is 24.8. The van der Waals surface area contributed by atoms with E-state index in [-0.39, 0.29) is 5.28 Å². The number of carbonyl (C=O) groups excluding carboxylic acids is 1. The molecule has 0 saturated heterocycles. The molecule has 0 fully saturated rings. The number of ether oxygens (including phenoxy) is 1. The summed E-state index contributed by atoms with van der Waals surface area (Å²) in [5.74, 6) is 0.575. The van der Waals surface area contributed by atoms with Crippen LogP contribution in [0.25, 0.3) is 21.3 Å². The number of rotatable bonds is 2. The zero-order valence-corrected chi connectivity index (χ0v) is 16.3. The fraction of sp³-hybridized carbons (Fsp3) is 0.235. The molecule has 0 aliphatic carbocycles. The van der Waals surface area contributed by atoms with Crippen LogP contribution in [0, 0.1) is 0 Å². The van der Waals surface area contributed by atoms with Gasteiger partial charge in [-0.05, 0) is 50.6 Å². The van der Waals surface area contributed by atoms with Crippen molar-refractivity contribution in [3.63, 3.8) is 0 Å². The van der Waals surface area contributed by atoms with Crippen LogP contribution < -0.4 is 5.32 Å². The third-order valence-electron chi connectivity index (χ3n) is 3.56. The Bertz CT molecular complexity index is 1160. The maximum atomic E-state index is 12.3. The highest BCUT2D eigenvalue weighted by molar-refractivity contribution is 7.17. The average molecular weight is 403 g/mol. The molecule has 1 aromatic carbocycles. The van der Waals surface area contributed by atoms with Gasteiger partial charge in [0.25, 0.3) is 0 Å². The molecule has 0 spiro atoms. The molecule has 0 radical (unpaired) electrons. The minimum absolute atomic E-state index is 0.120. The second-order valence-electron chi connectivity index (χ2n) is 6.78. The molecule has 10 heteroatoms. The summed E-state index contributed by atoms with van der Waals surface area (Å²) in [6.07, 6.45) is 1.09. The lowest BCUT2D eigenvalue weighted by atomic mass is 10.2. The molecule has 4 rings (SSSR count). The number of halogens is 1. The van der Waals surface area contributed by atoms with E-state index in [1.54, 1.807) is 17.8 Å². The van der Waals surface area contributed by atoms with Gasteiger partial charge in [0.2, 0.25) is 5.28 Å². The molecule has 0 saturated carbocycles. The van der Waals surface area contributed by atoms with Crippen LogP contribution in [-0.2, 0) is 4.74 Å². The van der Waals surface area contributed by atoms with Crippen molar-refractivity contribution in [3.05, 3.63) is 35.2 Å². The van der Waals surface area contributed by atoms with Gasteiger partial charge < -0.3 is 10.1 Å². The Labute approximate surface area is 163 Å². The number of carbonyl (C=O) groups is 1. The Morgan fingerprint density at radius 2 is 2.11 bits per heavy atom. The van der Waals surface area contributed by atoms with Crippen molar-refractivity contribution in [2.45, 2.75) is 26.4 Å². The van der Waals surface area contributed by atoms with Crippen molar-refractivity contribution in [1.29, 1.82) is 0 Å². The van der Waals surface area contributed by atoms with Crippen molar-refractivity contribution < 1.29 is 9.53 Å². The molecule has 1 N–H and O–H groups in total. The van der Waals surface area contributed by atoms with Crippen LogP contribution in [0.4, 0.5) is 16.3 Å². The lowest BCUT2D eigenvalue weighted by Crippen LogP contribution is -2.27. The van der Waals surface area contributed by atoms with Gasteiger partial charge in [-0.2, -0.15) is 19.7 Å². The minimum atomic E-state index is -0.594. The summed E-state index contributed by atoms with van der Waals surface area (Å²) >= 11 is 7.39. The molecule has 0 bridgehead atoms. The van der Waals surface area contributed by atoms with Gasteiger partial charge in [-0.3, -0.25) is 0 Å². The van der Waals surface area contributed by atoms with Crippen LogP contribution in [0.1, 0.15) is 20.8 Å². The molecule has 3 heterocycles. The van der Waals surface area contributed by atoms with Crippen LogP contribution in [0.3, 0.4) is 0 Å². The monoisotopic (exact) mass is 402 g/mol. The van der Waals surface area contributed by atoms with E-state index in [0.29, 0.717) is 17.0 Å². The number of hydrogen-bond donors (Lipinski definition) is 1. The minimum Gasteiger partial charge on any atom is -0.442 e. The number of anilines is 2. The maximum Gasteiger partial charge on any atom is 0.435 e. The molecule has 8 nitrogen and oxygen atoms in total. The second kappa shape index (κ2) is 6.43. The summed E-state index contributed by atoms with van der Waals surface area (Å²) in [5, 5.41) is 8.27. The van der Waals surface area contributed by atoms with Crippen molar-refractivity contribution >= 4 is 61.8 Å². The lowest BCUT2D eigenvalue weighted by molar-refractivity contribution is 0.0523. The Balaban J connectivity index is 1.66. The standard InChI is InChI=1S/C17H15ClN6O2S/c1-17(2,3)26-16(25)24-11-5-4-10(6-9(11)7-20-24)21-14-12-13(19-8-27-12)22-15(18)23-14/h4-8H,1-3H3,(H,21,22,23). The van der Waals surface area contributed by atoms with Crippen LogP contribution in [0.2, 0.25) is 5.28 Å². The van der Waals surface area contributed by atoms with E-state index < -0.39 is 11.7 Å². The second-order valence-corrected chi connectivity index (χ2v) is 7.97. The summed E-state index contributed by atoms with van der Waals surface area (Å²) in [6.45, 7) is 5.43. The highest BCUT2D eigenvalue weighted by Gasteiger charge is 2.20. The van der Waals surface area contributed by atoms with Gasteiger partial charge in [0.1, 0.15) is 10.3 Å². The number of fused-ring (bicyclic) bond motifs is 2. The quantitative estimate of drug-likeness (QED) is 0.489. The molecular weight excluding hydrogens is 388 g/mol. The molecule has 0 atom stereocenters. The van der Waals surface area contributed by atoms with Crippen molar-refractivity contribution in [2.24, 2.45) is 0 Å². The van der Waals surface area contributed by atoms with E-state index in [0.717, 1.165) is 15.8 Å². The predicted octanol–water partition coefficient (Wildman–Crippen LogP) is 4.62. The largest absolute Gasteiger partial charge is 0.442 e. The summed E-state index contributed by atoms with van der Waals surface area (Å²) in [7, 11) is 0. The highest BCUT2D eigenvalue weighted by atomic mass is 35.5. The molecule has 138 valence electrons. The SMILES string of the molecule is CC(C)(C)OC(=O)n1ncc2cc(Nc3nc(Cl)nc4ncsc34)ccc21. The summed E-state index contributed by atoms with van der Waals surface area (Å²) < 4.78 is 7.43. The number of thiazole rings is 1. The number of aromatic nitrogens is 5. The van der Waals surface area contributed by atoms with Crippen LogP contribution in [0.15, 0.2) is 29.9 Å². The molecule has 27 heavy (non-hydrogen) atoms. The van der Waals surface area contributed by atoms with Gasteiger partial charge in [-0.25, -0.2) is 9.78 Å². The van der Waals surface area contributed by atoms with E-state index in [4.69, 9.17) is 16.3 Å². The number of nitrogens with one attached hydrogen (secondary N) is 1. The van der Waals surface area contributed by atoms with E-state index in [1.165, 1.54) is 16.0 Å². The van der Waals surface area contributed by atoms with Gasteiger partial charge in [0.15, 0.2) is 11.5 Å². The number of nitrogens with zero attached hydrogens (tertiary/aromatic N) is 5. The fourth-order valence-corrected chi connectivity index (χ4v) is 3.35. The van der Waals surface area contributed by atoms with Gasteiger partial charge >= 0.3 is 6.09 Å². The van der Waals surface area contributed by atoms with Gasteiger partial charge in [-0.1, -0.05) is 0 Å². The molecule has 3 aromatic heterocycles. The van der Waals surface area contributed by atoms with E-state index >= 15 is 0 Å².